The standard InChI is InChI=1S/C18H13ClN2O/c19-13-2-4-17-15(10-13)14-9-12(1-3-16(14)22-17)18(20)11-5-7-21-8-6-11/h1-10,18H,20H2. The number of aromatic nitrogens is 1. The molecule has 4 rings (SSSR count). The molecule has 4 heteroatoms. The van der Waals surface area contributed by atoms with E-state index in [9.17, 15) is 0 Å². The minimum absolute atomic E-state index is 0.198. The third-order valence-corrected chi connectivity index (χ3v) is 4.11. The molecule has 0 aliphatic rings. The molecule has 1 unspecified atom stereocenters. The molecule has 22 heavy (non-hydrogen) atoms. The summed E-state index contributed by atoms with van der Waals surface area (Å²) in [6.45, 7) is 0. The first-order valence-electron chi connectivity index (χ1n) is 6.99. The van der Waals surface area contributed by atoms with E-state index < -0.39 is 0 Å². The van der Waals surface area contributed by atoms with Gasteiger partial charge >= 0.3 is 0 Å². The van der Waals surface area contributed by atoms with Crippen LogP contribution in [0.5, 0.6) is 0 Å². The van der Waals surface area contributed by atoms with Crippen molar-refractivity contribution in [3.8, 4) is 0 Å². The van der Waals surface area contributed by atoms with Crippen LogP contribution in [0.15, 0.2) is 65.3 Å². The maximum Gasteiger partial charge on any atom is 0.135 e. The van der Waals surface area contributed by atoms with Crippen LogP contribution in [0.4, 0.5) is 0 Å². The second-order valence-electron chi connectivity index (χ2n) is 5.26. The number of nitrogens with two attached hydrogens (primary N) is 1. The van der Waals surface area contributed by atoms with Gasteiger partial charge in [0.15, 0.2) is 0 Å². The predicted octanol–water partition coefficient (Wildman–Crippen LogP) is 4.68. The highest BCUT2D eigenvalue weighted by molar-refractivity contribution is 6.31. The molecule has 0 amide bonds. The van der Waals surface area contributed by atoms with Gasteiger partial charge in [-0.2, -0.15) is 0 Å². The van der Waals surface area contributed by atoms with E-state index in [4.69, 9.17) is 21.8 Å². The fourth-order valence-corrected chi connectivity index (χ4v) is 2.90. The number of benzene rings is 2. The van der Waals surface area contributed by atoms with Gasteiger partial charge in [-0.3, -0.25) is 4.98 Å². The van der Waals surface area contributed by atoms with E-state index in [1.807, 2.05) is 42.5 Å². The van der Waals surface area contributed by atoms with Crippen LogP contribution in [0.1, 0.15) is 17.2 Å². The van der Waals surface area contributed by atoms with Crippen LogP contribution >= 0.6 is 11.6 Å². The fraction of sp³-hybridized carbons (Fsp3) is 0.0556. The number of hydrogen-bond acceptors (Lipinski definition) is 3. The molecule has 2 aromatic heterocycles. The molecular weight excluding hydrogens is 296 g/mol. The van der Waals surface area contributed by atoms with Crippen molar-refractivity contribution in [2.24, 2.45) is 5.73 Å². The third kappa shape index (κ3) is 2.15. The summed E-state index contributed by atoms with van der Waals surface area (Å²) in [5.41, 5.74) is 10.1. The average molecular weight is 309 g/mol. The number of pyridine rings is 1. The summed E-state index contributed by atoms with van der Waals surface area (Å²) in [6.07, 6.45) is 3.50. The summed E-state index contributed by atoms with van der Waals surface area (Å²) in [4.78, 5) is 4.03. The fourth-order valence-electron chi connectivity index (χ4n) is 2.72. The van der Waals surface area contributed by atoms with Crippen LogP contribution in [0.2, 0.25) is 5.02 Å². The number of nitrogens with zero attached hydrogens (tertiary/aromatic N) is 1. The number of hydrogen-bond donors (Lipinski definition) is 1. The number of halogens is 1. The van der Waals surface area contributed by atoms with E-state index in [-0.39, 0.29) is 6.04 Å². The molecule has 3 nitrogen and oxygen atoms in total. The first-order chi connectivity index (χ1) is 10.7. The predicted molar refractivity (Wildman–Crippen MR) is 89.0 cm³/mol. The molecule has 2 N–H and O–H groups in total. The van der Waals surface area contributed by atoms with E-state index >= 15 is 0 Å². The SMILES string of the molecule is NC(c1ccncc1)c1ccc2oc3ccc(Cl)cc3c2c1. The monoisotopic (exact) mass is 308 g/mol. The lowest BCUT2D eigenvalue weighted by Crippen LogP contribution is -2.11. The van der Waals surface area contributed by atoms with Crippen molar-refractivity contribution in [2.75, 3.05) is 0 Å². The van der Waals surface area contributed by atoms with Gasteiger partial charge in [0.2, 0.25) is 0 Å². The molecule has 2 heterocycles. The Morgan fingerprint density at radius 1 is 0.864 bits per heavy atom. The molecule has 0 aliphatic carbocycles. The highest BCUT2D eigenvalue weighted by Crippen LogP contribution is 2.33. The zero-order chi connectivity index (χ0) is 15.1. The largest absolute Gasteiger partial charge is 0.456 e. The number of rotatable bonds is 2. The van der Waals surface area contributed by atoms with Gasteiger partial charge in [0.05, 0.1) is 6.04 Å². The third-order valence-electron chi connectivity index (χ3n) is 3.88. The Bertz CT molecular complexity index is 963. The van der Waals surface area contributed by atoms with Crippen LogP contribution in [-0.2, 0) is 0 Å². The topological polar surface area (TPSA) is 52.0 Å². The van der Waals surface area contributed by atoms with Crippen molar-refractivity contribution in [1.82, 2.24) is 4.98 Å². The van der Waals surface area contributed by atoms with Gasteiger partial charge < -0.3 is 10.2 Å². The van der Waals surface area contributed by atoms with Crippen LogP contribution in [0.3, 0.4) is 0 Å². The summed E-state index contributed by atoms with van der Waals surface area (Å²) in [6, 6.07) is 15.3. The van der Waals surface area contributed by atoms with Gasteiger partial charge in [0, 0.05) is 28.2 Å². The maximum atomic E-state index is 6.37. The molecule has 0 bridgehead atoms. The van der Waals surface area contributed by atoms with Gasteiger partial charge in [-0.15, -0.1) is 0 Å². The van der Waals surface area contributed by atoms with Gasteiger partial charge in [0.25, 0.3) is 0 Å². The summed E-state index contributed by atoms with van der Waals surface area (Å²) < 4.78 is 5.84. The Kier molecular flexibility index (Phi) is 3.10. The normalized spacial score (nSPS) is 12.8. The van der Waals surface area contributed by atoms with Crippen LogP contribution < -0.4 is 5.73 Å². The second-order valence-corrected chi connectivity index (χ2v) is 5.69. The molecule has 108 valence electrons. The van der Waals surface area contributed by atoms with Gasteiger partial charge in [-0.05, 0) is 53.6 Å². The molecule has 2 aromatic carbocycles. The molecule has 0 aliphatic heterocycles. The molecule has 0 radical (unpaired) electrons. The summed E-state index contributed by atoms with van der Waals surface area (Å²) >= 11 is 6.10. The van der Waals surface area contributed by atoms with Crippen molar-refractivity contribution in [3.63, 3.8) is 0 Å². The minimum Gasteiger partial charge on any atom is -0.456 e. The van der Waals surface area contributed by atoms with Gasteiger partial charge in [0.1, 0.15) is 11.2 Å². The molecular formula is C18H13ClN2O. The lowest BCUT2D eigenvalue weighted by atomic mass is 9.99. The number of fused-ring (bicyclic) bond motifs is 3. The zero-order valence-corrected chi connectivity index (χ0v) is 12.4. The highest BCUT2D eigenvalue weighted by Gasteiger charge is 2.13. The molecule has 4 aromatic rings. The molecule has 0 fully saturated rings. The van der Waals surface area contributed by atoms with Crippen molar-refractivity contribution in [3.05, 3.63) is 77.1 Å². The molecule has 0 saturated carbocycles. The molecule has 1 atom stereocenters. The maximum absolute atomic E-state index is 6.37. The first-order valence-corrected chi connectivity index (χ1v) is 7.37. The van der Waals surface area contributed by atoms with Crippen molar-refractivity contribution in [1.29, 1.82) is 0 Å². The Hall–Kier alpha value is -2.36. The molecule has 0 spiro atoms. The van der Waals surface area contributed by atoms with Gasteiger partial charge in [-0.25, -0.2) is 0 Å². The lowest BCUT2D eigenvalue weighted by Gasteiger charge is -2.12. The van der Waals surface area contributed by atoms with Crippen molar-refractivity contribution >= 4 is 33.5 Å². The molecule has 0 saturated heterocycles. The summed E-state index contributed by atoms with van der Waals surface area (Å²) in [5.74, 6) is 0. The Labute approximate surface area is 132 Å². The quantitative estimate of drug-likeness (QED) is 0.585. The lowest BCUT2D eigenvalue weighted by molar-refractivity contribution is 0.668. The average Bonchev–Trinajstić information content (AvgIpc) is 2.92. The van der Waals surface area contributed by atoms with E-state index in [1.54, 1.807) is 12.4 Å². The first kappa shape index (κ1) is 13.3. The Morgan fingerprint density at radius 3 is 2.32 bits per heavy atom. The summed E-state index contributed by atoms with van der Waals surface area (Å²) in [7, 11) is 0. The van der Waals surface area contributed by atoms with E-state index in [0.717, 1.165) is 33.1 Å². The Balaban J connectivity index is 1.89. The minimum atomic E-state index is -0.198. The van der Waals surface area contributed by atoms with Crippen LogP contribution in [0.25, 0.3) is 21.9 Å². The number of furan rings is 1. The van der Waals surface area contributed by atoms with Crippen LogP contribution in [0, 0.1) is 0 Å². The van der Waals surface area contributed by atoms with Crippen molar-refractivity contribution in [2.45, 2.75) is 6.04 Å². The second kappa shape index (κ2) is 5.13. The van der Waals surface area contributed by atoms with E-state index in [2.05, 4.69) is 11.1 Å². The zero-order valence-electron chi connectivity index (χ0n) is 11.7. The Morgan fingerprint density at radius 2 is 1.55 bits per heavy atom. The highest BCUT2D eigenvalue weighted by atomic mass is 35.5. The van der Waals surface area contributed by atoms with Crippen LogP contribution in [-0.4, -0.2) is 4.98 Å². The smallest absolute Gasteiger partial charge is 0.135 e. The van der Waals surface area contributed by atoms with E-state index in [1.165, 1.54) is 0 Å². The van der Waals surface area contributed by atoms with E-state index in [0.29, 0.717) is 5.02 Å². The van der Waals surface area contributed by atoms with Gasteiger partial charge in [-0.1, -0.05) is 17.7 Å². The van der Waals surface area contributed by atoms with Crippen molar-refractivity contribution < 1.29 is 4.42 Å². The summed E-state index contributed by atoms with van der Waals surface area (Å²) in [5, 5.41) is 2.73.